The molecule has 168 valence electrons. The largest absolute Gasteiger partial charge is 0.477 e. The van der Waals surface area contributed by atoms with Crippen LogP contribution in [-0.2, 0) is 27.9 Å². The Hall–Kier alpha value is -2.50. The number of aromatic nitrogens is 1. The van der Waals surface area contributed by atoms with E-state index >= 15 is 0 Å². The molecule has 0 aromatic carbocycles. The first-order chi connectivity index (χ1) is 15.3. The Morgan fingerprint density at radius 3 is 2.75 bits per heavy atom. The van der Waals surface area contributed by atoms with Crippen molar-refractivity contribution in [3.05, 3.63) is 61.8 Å². The second kappa shape index (κ2) is 9.16. The molecule has 0 unspecified atom stereocenters. The zero-order chi connectivity index (χ0) is 23.0. The maximum Gasteiger partial charge on any atom is 0.352 e. The molecule has 11 heteroatoms. The van der Waals surface area contributed by atoms with Gasteiger partial charge in [0.25, 0.3) is 11.5 Å². The van der Waals surface area contributed by atoms with Gasteiger partial charge in [0.1, 0.15) is 17.1 Å². The lowest BCUT2D eigenvalue weighted by Crippen LogP contribution is -2.70. The monoisotopic (exact) mass is 491 g/mol. The Balaban J connectivity index is 1.46. The molecule has 0 aliphatic carbocycles. The van der Waals surface area contributed by atoms with E-state index in [-0.39, 0.29) is 23.6 Å². The van der Waals surface area contributed by atoms with Crippen molar-refractivity contribution in [2.75, 3.05) is 11.5 Å². The summed E-state index contributed by atoms with van der Waals surface area (Å²) in [5, 5.41) is 14.0. The average Bonchev–Trinajstić information content (AvgIpc) is 3.26. The summed E-state index contributed by atoms with van der Waals surface area (Å²) in [6.45, 7) is 1.83. The van der Waals surface area contributed by atoms with E-state index in [1.165, 1.54) is 45.8 Å². The summed E-state index contributed by atoms with van der Waals surface area (Å²) in [5.74, 6) is -1.04. The highest BCUT2D eigenvalue weighted by Crippen LogP contribution is 2.41. The average molecular weight is 492 g/mol. The molecule has 4 heterocycles. The van der Waals surface area contributed by atoms with Crippen molar-refractivity contribution in [2.24, 2.45) is 7.05 Å². The van der Waals surface area contributed by atoms with E-state index in [1.54, 1.807) is 11.6 Å². The molecule has 0 saturated carbocycles. The van der Waals surface area contributed by atoms with Crippen molar-refractivity contribution in [3.8, 4) is 0 Å². The van der Waals surface area contributed by atoms with Crippen LogP contribution in [0.3, 0.4) is 0 Å². The number of amides is 2. The molecule has 2 amide bonds. The normalized spacial score (nSPS) is 20.1. The Morgan fingerprint density at radius 1 is 1.31 bits per heavy atom. The quantitative estimate of drug-likeness (QED) is 0.449. The third-order valence-corrected chi connectivity index (χ3v) is 8.65. The molecule has 8 nitrogen and oxygen atoms in total. The number of nitrogens with zero attached hydrogens (tertiary/aromatic N) is 2. The Bertz CT molecular complexity index is 1170. The van der Waals surface area contributed by atoms with Gasteiger partial charge < -0.3 is 15.0 Å². The van der Waals surface area contributed by atoms with E-state index in [9.17, 15) is 24.3 Å². The number of aryl methyl sites for hydroxylation is 1. The number of hydrogen-bond donors (Lipinski definition) is 2. The fourth-order valence-corrected chi connectivity index (χ4v) is 6.78. The molecular formula is C21H21N3O5S3. The summed E-state index contributed by atoms with van der Waals surface area (Å²) in [7, 11) is 1.69. The predicted molar refractivity (Wildman–Crippen MR) is 125 cm³/mol. The number of rotatable bonds is 7. The summed E-state index contributed by atoms with van der Waals surface area (Å²) < 4.78 is 1.54. The van der Waals surface area contributed by atoms with Gasteiger partial charge in [-0.25, -0.2) is 4.79 Å². The summed E-state index contributed by atoms with van der Waals surface area (Å²) in [6, 6.07) is 6.38. The van der Waals surface area contributed by atoms with Crippen molar-refractivity contribution < 1.29 is 19.5 Å². The highest BCUT2D eigenvalue weighted by molar-refractivity contribution is 8.01. The zero-order valence-corrected chi connectivity index (χ0v) is 19.8. The number of thiophene rings is 1. The molecule has 2 aromatic rings. The van der Waals surface area contributed by atoms with Gasteiger partial charge in [0.2, 0.25) is 5.91 Å². The SMILES string of the molecule is Cc1cc(SCC2=C(C(=O)O)N3C(=O)[C@@H](NC(=O)Cc4cccs4)[C@H]3SC2)cc(=O)n1C. The van der Waals surface area contributed by atoms with Crippen molar-refractivity contribution in [1.82, 2.24) is 14.8 Å². The minimum absolute atomic E-state index is 0.0180. The van der Waals surface area contributed by atoms with Gasteiger partial charge in [0, 0.05) is 40.1 Å². The second-order valence-corrected chi connectivity index (χ2v) is 10.7. The molecule has 2 aromatic heterocycles. The van der Waals surface area contributed by atoms with Crippen LogP contribution in [0, 0.1) is 6.92 Å². The maximum absolute atomic E-state index is 12.7. The molecule has 2 N–H and O–H groups in total. The van der Waals surface area contributed by atoms with E-state index < -0.39 is 23.3 Å². The van der Waals surface area contributed by atoms with Crippen LogP contribution in [0.25, 0.3) is 0 Å². The number of carboxylic acids is 1. The van der Waals surface area contributed by atoms with Gasteiger partial charge in [0.15, 0.2) is 0 Å². The predicted octanol–water partition coefficient (Wildman–Crippen LogP) is 1.83. The first kappa shape index (κ1) is 22.7. The zero-order valence-electron chi connectivity index (χ0n) is 17.4. The third kappa shape index (κ3) is 4.37. The Morgan fingerprint density at radius 2 is 2.09 bits per heavy atom. The topological polar surface area (TPSA) is 109 Å². The van der Waals surface area contributed by atoms with E-state index in [1.807, 2.05) is 30.5 Å². The van der Waals surface area contributed by atoms with E-state index in [0.717, 1.165) is 15.5 Å². The minimum Gasteiger partial charge on any atom is -0.477 e. The molecular weight excluding hydrogens is 470 g/mol. The van der Waals surface area contributed by atoms with Crippen LogP contribution < -0.4 is 10.9 Å². The van der Waals surface area contributed by atoms with E-state index in [4.69, 9.17) is 0 Å². The van der Waals surface area contributed by atoms with E-state index in [0.29, 0.717) is 17.1 Å². The number of thioether (sulfide) groups is 2. The van der Waals surface area contributed by atoms with Crippen LogP contribution >= 0.6 is 34.9 Å². The number of hydrogen-bond acceptors (Lipinski definition) is 7. The van der Waals surface area contributed by atoms with Gasteiger partial charge in [0.05, 0.1) is 6.42 Å². The van der Waals surface area contributed by atoms with Crippen LogP contribution in [0.1, 0.15) is 10.6 Å². The van der Waals surface area contributed by atoms with E-state index in [2.05, 4.69) is 5.32 Å². The fourth-order valence-electron chi connectivity index (χ4n) is 3.58. The number of nitrogens with one attached hydrogen (secondary N) is 1. The first-order valence-electron chi connectivity index (χ1n) is 9.78. The van der Waals surface area contributed by atoms with Crippen LogP contribution in [0.5, 0.6) is 0 Å². The standard InChI is InChI=1S/C21H21N3O5S3/c1-11-6-14(8-16(26)23(11)2)31-9-12-10-32-20-17(19(27)24(20)18(12)21(28)29)22-15(25)7-13-4-3-5-30-13/h3-6,8,17,20H,7,9-10H2,1-2H3,(H,22,25)(H,28,29)/t17-,20-/m1/s1. The molecule has 2 aliphatic rings. The van der Waals surface area contributed by atoms with Crippen LogP contribution in [0.15, 0.2) is 50.6 Å². The number of carbonyl (C=O) groups excluding carboxylic acids is 2. The number of aliphatic carboxylic acids is 1. The molecule has 1 saturated heterocycles. The van der Waals surface area contributed by atoms with Gasteiger partial charge in [-0.15, -0.1) is 34.9 Å². The van der Waals surface area contributed by atoms with Gasteiger partial charge in [-0.05, 0) is 30.0 Å². The van der Waals surface area contributed by atoms with Crippen LogP contribution in [0.4, 0.5) is 0 Å². The molecule has 0 bridgehead atoms. The van der Waals surface area contributed by atoms with Crippen molar-refractivity contribution in [1.29, 1.82) is 0 Å². The molecule has 32 heavy (non-hydrogen) atoms. The maximum atomic E-state index is 12.7. The molecule has 0 spiro atoms. The highest BCUT2D eigenvalue weighted by Gasteiger charge is 2.54. The Labute approximate surface area is 196 Å². The summed E-state index contributed by atoms with van der Waals surface area (Å²) in [6.07, 6.45) is 0.193. The lowest BCUT2D eigenvalue weighted by atomic mass is 10.0. The molecule has 2 atom stereocenters. The van der Waals surface area contributed by atoms with Gasteiger partial charge in [-0.1, -0.05) is 6.07 Å². The van der Waals surface area contributed by atoms with Crippen LogP contribution in [-0.4, -0.2) is 55.3 Å². The number of fused-ring (bicyclic) bond motifs is 1. The van der Waals surface area contributed by atoms with Gasteiger partial charge in [-0.3, -0.25) is 19.3 Å². The molecule has 2 aliphatic heterocycles. The lowest BCUT2D eigenvalue weighted by Gasteiger charge is -2.49. The summed E-state index contributed by atoms with van der Waals surface area (Å²) in [4.78, 5) is 52.0. The lowest BCUT2D eigenvalue weighted by molar-refractivity contribution is -0.150. The summed E-state index contributed by atoms with van der Waals surface area (Å²) >= 11 is 4.28. The first-order valence-corrected chi connectivity index (χ1v) is 12.7. The fraction of sp³-hybridized carbons (Fsp3) is 0.333. The smallest absolute Gasteiger partial charge is 0.352 e. The van der Waals surface area contributed by atoms with Crippen LogP contribution in [0.2, 0.25) is 0 Å². The minimum atomic E-state index is -1.16. The number of carboxylic acid groups (broad SMARTS) is 1. The molecule has 0 radical (unpaired) electrons. The molecule has 1 fully saturated rings. The highest BCUT2D eigenvalue weighted by atomic mass is 32.2. The summed E-state index contributed by atoms with van der Waals surface area (Å²) in [5.41, 5.74) is 1.29. The second-order valence-electron chi connectivity index (χ2n) is 7.49. The van der Waals surface area contributed by atoms with Crippen molar-refractivity contribution in [3.63, 3.8) is 0 Å². The number of carbonyl (C=O) groups is 3. The number of β-lactam (4-membered cyclic amide) rings is 1. The Kier molecular flexibility index (Phi) is 6.50. The van der Waals surface area contributed by atoms with Crippen molar-refractivity contribution in [2.45, 2.75) is 29.7 Å². The van der Waals surface area contributed by atoms with Gasteiger partial charge >= 0.3 is 5.97 Å². The third-order valence-electron chi connectivity index (χ3n) is 5.37. The number of pyridine rings is 1. The van der Waals surface area contributed by atoms with Crippen molar-refractivity contribution >= 4 is 52.6 Å². The molecule has 4 rings (SSSR count). The van der Waals surface area contributed by atoms with Gasteiger partial charge in [-0.2, -0.15) is 0 Å².